The molecule has 0 rings (SSSR count). The van der Waals surface area contributed by atoms with Crippen LogP contribution < -0.4 is 14.7 Å². The molecule has 28 heteroatoms. The molecule has 0 aliphatic heterocycles. The van der Waals surface area contributed by atoms with Crippen molar-refractivity contribution >= 4 is 86.3 Å². The van der Waals surface area contributed by atoms with Gasteiger partial charge in [0.05, 0.1) is 112 Å². The Morgan fingerprint density at radius 2 is 0.792 bits per heavy atom. The van der Waals surface area contributed by atoms with E-state index in [1.54, 1.807) is 0 Å². The second-order valence-corrected chi connectivity index (χ2v) is 10.4. The van der Waals surface area contributed by atoms with Crippen molar-refractivity contribution in [3.63, 3.8) is 0 Å². The van der Waals surface area contributed by atoms with E-state index in [0.717, 1.165) is 13.0 Å². The van der Waals surface area contributed by atoms with E-state index in [9.17, 15) is 0 Å². The quantitative estimate of drug-likeness (QED) is 0.0199. The van der Waals surface area contributed by atoms with Crippen molar-refractivity contribution in [2.75, 3.05) is 150 Å². The van der Waals surface area contributed by atoms with Crippen LogP contribution in [0.25, 0.3) is 0 Å². The molecule has 304 valence electrons. The predicted molar refractivity (Wildman–Crippen MR) is 197 cm³/mol. The van der Waals surface area contributed by atoms with Crippen LogP contribution in [0.15, 0.2) is 15.3 Å². The van der Waals surface area contributed by atoms with E-state index < -0.39 is 19.5 Å². The summed E-state index contributed by atoms with van der Waals surface area (Å²) in [7, 11) is -2.92. The van der Waals surface area contributed by atoms with Crippen molar-refractivity contribution < 1.29 is 60.7 Å². The third kappa shape index (κ3) is 100. The van der Waals surface area contributed by atoms with Crippen LogP contribution in [-0.4, -0.2) is 217 Å². The van der Waals surface area contributed by atoms with Gasteiger partial charge in [0.15, 0.2) is 0 Å². The van der Waals surface area contributed by atoms with Crippen LogP contribution in [0, 0.1) is 16.6 Å². The summed E-state index contributed by atoms with van der Waals surface area (Å²) < 4.78 is 67.2. The van der Waals surface area contributed by atoms with Gasteiger partial charge < -0.3 is 48.1 Å². The van der Waals surface area contributed by atoms with Gasteiger partial charge in [-0.2, -0.15) is 12.6 Å². The summed E-state index contributed by atoms with van der Waals surface area (Å²) in [5.74, 6) is 1.02. The van der Waals surface area contributed by atoms with Gasteiger partial charge in [0.2, 0.25) is 25.0 Å². The molecular formula is C25H56Cl2N9Na2O13S2+3. The minimum atomic E-state index is -2.46. The summed E-state index contributed by atoms with van der Waals surface area (Å²) in [6.45, 7) is 11.8. The number of alkyl halides is 2. The Morgan fingerprint density at radius 3 is 1.00 bits per heavy atom. The van der Waals surface area contributed by atoms with Crippen LogP contribution >= 0.6 is 23.2 Å². The zero-order chi connectivity index (χ0) is 41.2. The first kappa shape index (κ1) is 64.8. The van der Waals surface area contributed by atoms with E-state index >= 15 is 0 Å². The van der Waals surface area contributed by atoms with E-state index in [1.807, 2.05) is 0 Å². The number of rotatable bonds is 31. The van der Waals surface area contributed by atoms with Gasteiger partial charge in [-0.1, -0.05) is 6.92 Å². The van der Waals surface area contributed by atoms with E-state index in [1.165, 1.54) is 43.6 Å². The summed E-state index contributed by atoms with van der Waals surface area (Å²) >= 11 is 13.6. The molecule has 0 heterocycles. The molecule has 53 heavy (non-hydrogen) atoms. The monoisotopic (exact) mass is 870 g/mol. The molecule has 0 saturated heterocycles. The van der Waals surface area contributed by atoms with Gasteiger partial charge in [-0.15, -0.1) is 23.2 Å². The van der Waals surface area contributed by atoms with Crippen molar-refractivity contribution in [2.45, 2.75) is 13.3 Å². The Morgan fingerprint density at radius 1 is 0.547 bits per heavy atom. The average molecular weight is 872 g/mol. The van der Waals surface area contributed by atoms with Crippen LogP contribution in [-0.2, 0) is 57.4 Å². The summed E-state index contributed by atoms with van der Waals surface area (Å²) in [5.41, 5.74) is 19.0. The molecule has 0 aliphatic rings. The fourth-order valence-electron chi connectivity index (χ4n) is 2.14. The molecule has 0 radical (unpaired) electrons. The predicted octanol–water partition coefficient (Wildman–Crippen LogP) is -0.166. The van der Waals surface area contributed by atoms with Gasteiger partial charge in [-0.05, 0) is 6.42 Å². The van der Waals surface area contributed by atoms with Crippen molar-refractivity contribution in [1.29, 1.82) is 16.6 Å². The van der Waals surface area contributed by atoms with Crippen LogP contribution in [0.1, 0.15) is 13.3 Å². The Balaban J connectivity index is -0.000000131. The normalized spacial score (nSPS) is 9.08. The summed E-state index contributed by atoms with van der Waals surface area (Å²) in [6.07, 6.45) is 1.03. The van der Waals surface area contributed by atoms with Crippen molar-refractivity contribution in [2.24, 2.45) is 15.3 Å². The summed E-state index contributed by atoms with van der Waals surface area (Å²) in [5, 5.41) is 26.8. The fraction of sp³-hybridized carbons (Fsp3) is 1.00. The maximum absolute atomic E-state index is 9.02. The molecule has 0 amide bonds. The average Bonchev–Trinajstić information content (AvgIpc) is 3.18. The van der Waals surface area contributed by atoms with Gasteiger partial charge in [0.1, 0.15) is 51.6 Å². The first-order valence-electron chi connectivity index (χ1n) is 16.4. The topological polar surface area (TPSA) is 316 Å². The van der Waals surface area contributed by atoms with E-state index in [0.29, 0.717) is 130 Å². The molecule has 0 fully saturated rings. The minimum absolute atomic E-state index is 0.0348. The first-order chi connectivity index (χ1) is 25.9. The fourth-order valence-corrected chi connectivity index (χ4v) is 2.35. The molecular weight excluding hydrogens is 815 g/mol. The number of ether oxygens (including phenoxy) is 8. The molecule has 0 bridgehead atoms. The van der Waals surface area contributed by atoms with Crippen molar-refractivity contribution in [3.05, 3.63) is 0 Å². The summed E-state index contributed by atoms with van der Waals surface area (Å²) in [6, 6.07) is 0. The molecule has 0 spiro atoms. The van der Waals surface area contributed by atoms with Crippen molar-refractivity contribution in [1.82, 2.24) is 14.7 Å². The molecule has 0 aromatic carbocycles. The zero-order valence-corrected chi connectivity index (χ0v) is 38.3. The van der Waals surface area contributed by atoms with Gasteiger partial charge >= 0.3 is 52.9 Å². The Hall–Kier alpha value is -0.0500. The van der Waals surface area contributed by atoms with Crippen LogP contribution in [0.3, 0.4) is 0 Å². The molecule has 0 aromatic heterocycles. The standard InChI is InChI=1S/C7H16N3O2.C6H13ClN3O2.C6H13ClO3.C6H14N3O3.2Na.O3S2/c1-2-4-11-6-7-12-5-3-9-10-8;7-1-3-11-5-6-12-4-2-9-10-8;7-1-3-9-5-6-10-4-2-8;7-9-8-1-3-11-5-6-12-4-2-10;;;1-4-5(2)3/h8H,2-7H2,1H3;8H,1-6H2;8H,1-6H2;7,10H,1-6H2;;;/q2*+1;;+1;;;. The molecule has 0 aromatic rings. The first-order valence-corrected chi connectivity index (χ1v) is 27.8. The Bertz CT molecular complexity index is 898. The van der Waals surface area contributed by atoms with Gasteiger partial charge in [-0.25, -0.2) is 0 Å². The second kappa shape index (κ2) is 76.6. The third-order valence-corrected chi connectivity index (χ3v) is 4.78. The number of nitrogens with zero attached hydrogens (tertiary/aromatic N) is 6. The van der Waals surface area contributed by atoms with E-state index in [2.05, 4.69) is 37.0 Å². The molecule has 0 saturated carbocycles. The number of halogens is 2. The van der Waals surface area contributed by atoms with Crippen LogP contribution in [0.5, 0.6) is 0 Å². The van der Waals surface area contributed by atoms with E-state index in [-0.39, 0.29) is 13.2 Å². The number of aliphatic hydroxyl groups excluding tert-OH is 2. The Kier molecular flexibility index (Phi) is 93.7. The van der Waals surface area contributed by atoms with Crippen molar-refractivity contribution in [3.8, 4) is 0 Å². The van der Waals surface area contributed by atoms with Gasteiger partial charge in [0.25, 0.3) is 0 Å². The zero-order valence-electron chi connectivity index (χ0n) is 31.1. The third-order valence-electron chi connectivity index (χ3n) is 4.03. The van der Waals surface area contributed by atoms with Crippen LogP contribution in [0.4, 0.5) is 0 Å². The van der Waals surface area contributed by atoms with Gasteiger partial charge in [-0.3, -0.25) is 0 Å². The van der Waals surface area contributed by atoms with Crippen LogP contribution in [0.2, 0.25) is 0 Å². The number of nitrogens with one attached hydrogen (secondary N) is 3. The molecule has 0 unspecified atom stereocenters. The Labute approximate surface area is 354 Å². The molecule has 22 nitrogen and oxygen atoms in total. The SMILES string of the molecule is CCCOCCOCCN=[N+]=N.N=[N+]=NCCOCCOCCCl.N=[N+]=NCCOCCOCCO.O=S=S(=O)=O.OCCOCCOCCCl.[Na][Na]. The summed E-state index contributed by atoms with van der Waals surface area (Å²) in [4.78, 5) is 8.49. The molecule has 5 N–H and O–H groups in total. The number of aliphatic hydroxyl groups is 2. The second-order valence-electron chi connectivity index (χ2n) is 7.89. The molecule has 0 aliphatic carbocycles. The number of hydrogen-bond acceptors (Lipinski definition) is 19. The van der Waals surface area contributed by atoms with E-state index in [4.69, 9.17) is 101 Å². The molecule has 0 atom stereocenters. The number of hydrogen-bond donors (Lipinski definition) is 5. The van der Waals surface area contributed by atoms with Gasteiger partial charge in [0, 0.05) is 18.4 Å². The maximum atomic E-state index is 9.02.